The number of anilines is 1. The molecule has 1 aromatic carbocycles. The summed E-state index contributed by atoms with van der Waals surface area (Å²) in [7, 11) is 0. The lowest BCUT2D eigenvalue weighted by atomic mass is 10.1. The number of aryl methyl sites for hydroxylation is 1. The summed E-state index contributed by atoms with van der Waals surface area (Å²) in [5, 5.41) is 3.48. The van der Waals surface area contributed by atoms with Gasteiger partial charge < -0.3 is 14.5 Å². The lowest BCUT2D eigenvalue weighted by Gasteiger charge is -2.01. The third kappa shape index (κ3) is 2.59. The van der Waals surface area contributed by atoms with Crippen molar-refractivity contribution in [2.75, 3.05) is 11.9 Å². The van der Waals surface area contributed by atoms with E-state index in [1.165, 1.54) is 6.92 Å². The van der Waals surface area contributed by atoms with E-state index in [0.717, 1.165) is 5.39 Å². The molecular weight excluding hydrogens is 246 g/mol. The van der Waals surface area contributed by atoms with Crippen molar-refractivity contribution in [3.8, 4) is 0 Å². The molecule has 0 fully saturated rings. The fourth-order valence-corrected chi connectivity index (χ4v) is 1.89. The van der Waals surface area contributed by atoms with Gasteiger partial charge in [-0.25, -0.2) is 4.79 Å². The maximum Gasteiger partial charge on any atom is 0.374 e. The smallest absolute Gasteiger partial charge is 0.374 e. The van der Waals surface area contributed by atoms with Crippen LogP contribution in [0.15, 0.2) is 22.6 Å². The molecule has 0 radical (unpaired) electrons. The largest absolute Gasteiger partial charge is 0.460 e. The summed E-state index contributed by atoms with van der Waals surface area (Å²) in [5.41, 5.74) is 1.97. The fourth-order valence-electron chi connectivity index (χ4n) is 1.89. The second kappa shape index (κ2) is 5.14. The number of nitrogens with one attached hydrogen (secondary N) is 1. The molecule has 100 valence electrons. The molecule has 19 heavy (non-hydrogen) atoms. The Morgan fingerprint density at radius 3 is 2.74 bits per heavy atom. The number of carbonyl (C=O) groups excluding carboxylic acids is 2. The molecule has 0 unspecified atom stereocenters. The van der Waals surface area contributed by atoms with Crippen molar-refractivity contribution in [1.29, 1.82) is 0 Å². The van der Waals surface area contributed by atoms with Crippen molar-refractivity contribution in [3.63, 3.8) is 0 Å². The Kier molecular flexibility index (Phi) is 3.55. The van der Waals surface area contributed by atoms with Crippen LogP contribution in [0.2, 0.25) is 0 Å². The van der Waals surface area contributed by atoms with Crippen LogP contribution in [0.1, 0.15) is 30.0 Å². The van der Waals surface area contributed by atoms with Crippen molar-refractivity contribution in [1.82, 2.24) is 0 Å². The van der Waals surface area contributed by atoms with E-state index in [2.05, 4.69) is 5.32 Å². The van der Waals surface area contributed by atoms with Crippen LogP contribution in [0.4, 0.5) is 5.69 Å². The zero-order chi connectivity index (χ0) is 14.0. The molecule has 0 bridgehead atoms. The van der Waals surface area contributed by atoms with Gasteiger partial charge in [-0.2, -0.15) is 0 Å². The molecule has 0 aliphatic heterocycles. The normalized spacial score (nSPS) is 10.5. The number of ether oxygens (including phenoxy) is 1. The Hall–Kier alpha value is -2.30. The van der Waals surface area contributed by atoms with Gasteiger partial charge in [-0.1, -0.05) is 0 Å². The molecular formula is C14H15NO4. The van der Waals surface area contributed by atoms with Gasteiger partial charge in [0, 0.05) is 23.6 Å². The highest BCUT2D eigenvalue weighted by atomic mass is 16.5. The molecule has 5 nitrogen and oxygen atoms in total. The summed E-state index contributed by atoms with van der Waals surface area (Å²) < 4.78 is 10.4. The van der Waals surface area contributed by atoms with E-state index in [4.69, 9.17) is 9.15 Å². The first-order chi connectivity index (χ1) is 9.02. The number of amides is 1. The van der Waals surface area contributed by atoms with Crippen LogP contribution in [0, 0.1) is 6.92 Å². The predicted octanol–water partition coefficient (Wildman–Crippen LogP) is 2.88. The molecule has 1 heterocycles. The van der Waals surface area contributed by atoms with E-state index in [-0.39, 0.29) is 11.7 Å². The van der Waals surface area contributed by atoms with Crippen LogP contribution in [-0.4, -0.2) is 18.5 Å². The first-order valence-electron chi connectivity index (χ1n) is 6.00. The van der Waals surface area contributed by atoms with Crippen LogP contribution in [0.5, 0.6) is 0 Å². The van der Waals surface area contributed by atoms with Crippen LogP contribution >= 0.6 is 0 Å². The molecule has 0 saturated heterocycles. The molecule has 1 aromatic heterocycles. The number of esters is 1. The standard InChI is InChI=1S/C14H15NO4/c1-4-18-14(17)13-8(2)11-7-10(15-9(3)16)5-6-12(11)19-13/h5-7H,4H2,1-3H3,(H,15,16). The van der Waals surface area contributed by atoms with Crippen molar-refractivity contribution < 1.29 is 18.7 Å². The number of carbonyl (C=O) groups is 2. The van der Waals surface area contributed by atoms with Crippen molar-refractivity contribution in [3.05, 3.63) is 29.5 Å². The Labute approximate surface area is 110 Å². The summed E-state index contributed by atoms with van der Waals surface area (Å²) in [6, 6.07) is 5.22. The lowest BCUT2D eigenvalue weighted by Crippen LogP contribution is -2.05. The SMILES string of the molecule is CCOC(=O)c1oc2ccc(NC(C)=O)cc2c1C. The number of rotatable bonds is 3. The lowest BCUT2D eigenvalue weighted by molar-refractivity contribution is -0.114. The Morgan fingerprint density at radius 1 is 1.37 bits per heavy atom. The number of benzene rings is 1. The second-order valence-corrected chi connectivity index (χ2v) is 4.17. The first-order valence-corrected chi connectivity index (χ1v) is 6.00. The van der Waals surface area contributed by atoms with Crippen LogP contribution < -0.4 is 5.32 Å². The minimum atomic E-state index is -0.475. The van der Waals surface area contributed by atoms with Crippen molar-refractivity contribution in [2.45, 2.75) is 20.8 Å². The Bertz CT molecular complexity index is 642. The molecule has 1 N–H and O–H groups in total. The highest BCUT2D eigenvalue weighted by Gasteiger charge is 2.18. The summed E-state index contributed by atoms with van der Waals surface area (Å²) in [6.07, 6.45) is 0. The van der Waals surface area contributed by atoms with Gasteiger partial charge >= 0.3 is 5.97 Å². The molecule has 0 aliphatic carbocycles. The molecule has 0 saturated carbocycles. The molecule has 0 aliphatic rings. The van der Waals surface area contributed by atoms with Gasteiger partial charge in [0.1, 0.15) is 5.58 Å². The van der Waals surface area contributed by atoms with Crippen molar-refractivity contribution >= 4 is 28.5 Å². The Balaban J connectivity index is 2.46. The molecule has 1 amide bonds. The van der Waals surface area contributed by atoms with Gasteiger partial charge in [0.2, 0.25) is 11.7 Å². The van der Waals surface area contributed by atoms with Crippen LogP contribution in [-0.2, 0) is 9.53 Å². The van der Waals surface area contributed by atoms with Gasteiger partial charge in [0.15, 0.2) is 0 Å². The Morgan fingerprint density at radius 2 is 2.11 bits per heavy atom. The number of hydrogen-bond donors (Lipinski definition) is 1. The van der Waals surface area contributed by atoms with E-state index >= 15 is 0 Å². The maximum atomic E-state index is 11.7. The van der Waals surface area contributed by atoms with Gasteiger partial charge in [-0.3, -0.25) is 4.79 Å². The highest BCUT2D eigenvalue weighted by Crippen LogP contribution is 2.28. The second-order valence-electron chi connectivity index (χ2n) is 4.17. The predicted molar refractivity (Wildman–Crippen MR) is 71.2 cm³/mol. The van der Waals surface area contributed by atoms with Crippen molar-refractivity contribution in [2.24, 2.45) is 0 Å². The molecule has 0 spiro atoms. The third-order valence-corrected chi connectivity index (χ3v) is 2.72. The van der Waals surface area contributed by atoms with Gasteiger partial charge in [0.05, 0.1) is 6.61 Å². The average molecular weight is 261 g/mol. The molecule has 2 rings (SSSR count). The molecule has 5 heteroatoms. The van der Waals surface area contributed by atoms with Gasteiger partial charge in [0.25, 0.3) is 0 Å². The van der Waals surface area contributed by atoms with E-state index in [9.17, 15) is 9.59 Å². The third-order valence-electron chi connectivity index (χ3n) is 2.72. The summed E-state index contributed by atoms with van der Waals surface area (Å²) in [5.74, 6) is -0.416. The summed E-state index contributed by atoms with van der Waals surface area (Å²) >= 11 is 0. The zero-order valence-electron chi connectivity index (χ0n) is 11.1. The minimum Gasteiger partial charge on any atom is -0.460 e. The van der Waals surface area contributed by atoms with E-state index in [1.807, 2.05) is 0 Å². The monoisotopic (exact) mass is 261 g/mol. The summed E-state index contributed by atoms with van der Waals surface area (Å²) in [6.45, 7) is 5.27. The van der Waals surface area contributed by atoms with Crippen LogP contribution in [0.25, 0.3) is 11.0 Å². The fraction of sp³-hybridized carbons (Fsp3) is 0.286. The number of hydrogen-bond acceptors (Lipinski definition) is 4. The zero-order valence-corrected chi connectivity index (χ0v) is 11.1. The van der Waals surface area contributed by atoms with E-state index in [1.54, 1.807) is 32.0 Å². The van der Waals surface area contributed by atoms with Crippen LogP contribution in [0.3, 0.4) is 0 Å². The summed E-state index contributed by atoms with van der Waals surface area (Å²) in [4.78, 5) is 22.7. The average Bonchev–Trinajstić information content (AvgIpc) is 2.67. The first kappa shape index (κ1) is 13.1. The topological polar surface area (TPSA) is 68.5 Å². The van der Waals surface area contributed by atoms with E-state index < -0.39 is 5.97 Å². The minimum absolute atomic E-state index is 0.147. The van der Waals surface area contributed by atoms with Gasteiger partial charge in [-0.05, 0) is 32.0 Å². The molecule has 2 aromatic rings. The highest BCUT2D eigenvalue weighted by molar-refractivity contribution is 5.98. The maximum absolute atomic E-state index is 11.7. The quantitative estimate of drug-likeness (QED) is 0.862. The van der Waals surface area contributed by atoms with E-state index in [0.29, 0.717) is 23.4 Å². The number of furan rings is 1. The molecule has 0 atom stereocenters. The van der Waals surface area contributed by atoms with Gasteiger partial charge in [-0.15, -0.1) is 0 Å². The number of fused-ring (bicyclic) bond motifs is 1.